The number of aromatic nitrogens is 1. The number of carbonyl (C=O) groups is 1. The first-order valence-corrected chi connectivity index (χ1v) is 5.87. The van der Waals surface area contributed by atoms with Crippen molar-refractivity contribution in [3.63, 3.8) is 0 Å². The van der Waals surface area contributed by atoms with Gasteiger partial charge >= 0.3 is 5.69 Å². The minimum Gasteiger partial charge on any atom is -0.373 e. The molecule has 0 saturated heterocycles. The molecule has 0 aromatic carbocycles. The summed E-state index contributed by atoms with van der Waals surface area (Å²) < 4.78 is 0. The van der Waals surface area contributed by atoms with Gasteiger partial charge in [-0.15, -0.1) is 0 Å². The first-order valence-electron chi connectivity index (χ1n) is 5.87. The molecular weight excluding hydrogens is 250 g/mol. The molecule has 19 heavy (non-hydrogen) atoms. The van der Waals surface area contributed by atoms with Crippen molar-refractivity contribution in [2.75, 3.05) is 24.2 Å². The van der Waals surface area contributed by atoms with Gasteiger partial charge in [0, 0.05) is 19.7 Å². The molecule has 104 valence electrons. The molecule has 0 radical (unpaired) electrons. The lowest BCUT2D eigenvalue weighted by Gasteiger charge is -2.14. The molecule has 1 unspecified atom stereocenters. The highest BCUT2D eigenvalue weighted by Crippen LogP contribution is 2.24. The number of rotatable bonds is 6. The minimum atomic E-state index is -0.613. The number of pyridine rings is 1. The first kappa shape index (κ1) is 14.7. The van der Waals surface area contributed by atoms with E-state index in [1.54, 1.807) is 20.9 Å². The molecule has 1 aromatic rings. The summed E-state index contributed by atoms with van der Waals surface area (Å²) in [4.78, 5) is 26.0. The summed E-state index contributed by atoms with van der Waals surface area (Å²) in [5.74, 6) is 0.306. The Labute approximate surface area is 110 Å². The van der Waals surface area contributed by atoms with E-state index in [4.69, 9.17) is 0 Å². The molecule has 0 bridgehead atoms. The van der Waals surface area contributed by atoms with Crippen LogP contribution >= 0.6 is 0 Å². The fourth-order valence-corrected chi connectivity index (χ4v) is 1.44. The highest BCUT2D eigenvalue weighted by Gasteiger charge is 2.20. The van der Waals surface area contributed by atoms with Gasteiger partial charge in [-0.2, -0.15) is 0 Å². The number of amides is 1. The molecule has 1 heterocycles. The van der Waals surface area contributed by atoms with E-state index >= 15 is 0 Å². The SMILES string of the molecule is CCNC(=O)C(C)Nc1nc(NC)ccc1[N+](=O)[O-]. The average Bonchev–Trinajstić information content (AvgIpc) is 2.38. The normalized spacial score (nSPS) is 11.5. The Hall–Kier alpha value is -2.38. The molecule has 8 heteroatoms. The third kappa shape index (κ3) is 3.80. The zero-order chi connectivity index (χ0) is 14.4. The fraction of sp³-hybridized carbons (Fsp3) is 0.455. The predicted molar refractivity (Wildman–Crippen MR) is 72.2 cm³/mol. The highest BCUT2D eigenvalue weighted by molar-refractivity contribution is 5.84. The maximum Gasteiger partial charge on any atom is 0.311 e. The third-order valence-corrected chi connectivity index (χ3v) is 2.42. The van der Waals surface area contributed by atoms with Gasteiger partial charge in [0.15, 0.2) is 0 Å². The van der Waals surface area contributed by atoms with Crippen molar-refractivity contribution in [1.29, 1.82) is 0 Å². The van der Waals surface area contributed by atoms with Crippen LogP contribution in [-0.4, -0.2) is 35.4 Å². The molecule has 0 saturated carbocycles. The summed E-state index contributed by atoms with van der Waals surface area (Å²) in [5, 5.41) is 19.1. The molecule has 0 aliphatic rings. The van der Waals surface area contributed by atoms with E-state index in [1.807, 2.05) is 0 Å². The van der Waals surface area contributed by atoms with Gasteiger partial charge in [-0.25, -0.2) is 4.98 Å². The predicted octanol–water partition coefficient (Wildman–Crippen LogP) is 0.968. The van der Waals surface area contributed by atoms with E-state index in [0.29, 0.717) is 12.4 Å². The van der Waals surface area contributed by atoms with Crippen LogP contribution in [0.4, 0.5) is 17.3 Å². The molecule has 0 aliphatic carbocycles. The fourth-order valence-electron chi connectivity index (χ4n) is 1.44. The number of hydrogen-bond acceptors (Lipinski definition) is 6. The molecule has 1 amide bonds. The maximum absolute atomic E-state index is 11.6. The summed E-state index contributed by atoms with van der Waals surface area (Å²) in [6.45, 7) is 3.91. The molecule has 3 N–H and O–H groups in total. The van der Waals surface area contributed by atoms with E-state index in [-0.39, 0.29) is 17.4 Å². The molecule has 1 aromatic heterocycles. The van der Waals surface area contributed by atoms with Crippen molar-refractivity contribution in [2.45, 2.75) is 19.9 Å². The summed E-state index contributed by atoms with van der Waals surface area (Å²) >= 11 is 0. The number of likely N-dealkylation sites (N-methyl/N-ethyl adjacent to an activating group) is 1. The quantitative estimate of drug-likeness (QED) is 0.523. The smallest absolute Gasteiger partial charge is 0.311 e. The van der Waals surface area contributed by atoms with E-state index in [1.165, 1.54) is 12.1 Å². The Kier molecular flexibility index (Phi) is 5.04. The van der Waals surface area contributed by atoms with E-state index in [0.717, 1.165) is 0 Å². The number of carbonyl (C=O) groups excluding carboxylic acids is 1. The first-order chi connectivity index (χ1) is 8.99. The van der Waals surface area contributed by atoms with Gasteiger partial charge in [0.1, 0.15) is 11.9 Å². The van der Waals surface area contributed by atoms with Crippen LogP contribution in [0.1, 0.15) is 13.8 Å². The molecule has 8 nitrogen and oxygen atoms in total. The molecule has 0 spiro atoms. The molecular formula is C11H17N5O3. The van der Waals surface area contributed by atoms with Crippen molar-refractivity contribution in [3.05, 3.63) is 22.2 Å². The Morgan fingerprint density at radius 1 is 1.53 bits per heavy atom. The summed E-state index contributed by atoms with van der Waals surface area (Å²) in [6, 6.07) is 2.23. The van der Waals surface area contributed by atoms with Crippen LogP contribution in [0.15, 0.2) is 12.1 Å². The van der Waals surface area contributed by atoms with Crippen molar-refractivity contribution < 1.29 is 9.72 Å². The monoisotopic (exact) mass is 267 g/mol. The van der Waals surface area contributed by atoms with Crippen molar-refractivity contribution in [2.24, 2.45) is 0 Å². The lowest BCUT2D eigenvalue weighted by atomic mass is 10.3. The number of nitro groups is 1. The average molecular weight is 267 g/mol. The summed E-state index contributed by atoms with van der Waals surface area (Å²) in [5.41, 5.74) is -0.171. The number of hydrogen-bond donors (Lipinski definition) is 3. The Morgan fingerprint density at radius 3 is 2.74 bits per heavy atom. The van der Waals surface area contributed by atoms with Crippen LogP contribution in [0.2, 0.25) is 0 Å². The maximum atomic E-state index is 11.6. The van der Waals surface area contributed by atoms with Crippen molar-refractivity contribution in [1.82, 2.24) is 10.3 Å². The second kappa shape index (κ2) is 6.53. The van der Waals surface area contributed by atoms with Crippen LogP contribution in [0.5, 0.6) is 0 Å². The molecule has 1 atom stereocenters. The second-order valence-corrected chi connectivity index (χ2v) is 3.83. The van der Waals surface area contributed by atoms with Gasteiger partial charge in [0.2, 0.25) is 11.7 Å². The zero-order valence-corrected chi connectivity index (χ0v) is 11.1. The minimum absolute atomic E-state index is 0.0654. The van der Waals surface area contributed by atoms with Crippen LogP contribution in [0, 0.1) is 10.1 Å². The van der Waals surface area contributed by atoms with Crippen molar-refractivity contribution >= 4 is 23.2 Å². The number of nitrogens with one attached hydrogen (secondary N) is 3. The molecule has 0 fully saturated rings. The summed E-state index contributed by atoms with van der Waals surface area (Å²) in [6.07, 6.45) is 0. The highest BCUT2D eigenvalue weighted by atomic mass is 16.6. The van der Waals surface area contributed by atoms with Gasteiger partial charge in [-0.05, 0) is 19.9 Å². The number of anilines is 2. The van der Waals surface area contributed by atoms with Gasteiger partial charge in [-0.3, -0.25) is 14.9 Å². The number of nitrogens with zero attached hydrogens (tertiary/aromatic N) is 2. The van der Waals surface area contributed by atoms with Gasteiger partial charge in [0.05, 0.1) is 4.92 Å². The van der Waals surface area contributed by atoms with E-state index in [9.17, 15) is 14.9 Å². The van der Waals surface area contributed by atoms with Crippen LogP contribution in [0.25, 0.3) is 0 Å². The summed E-state index contributed by atoms with van der Waals surface area (Å²) in [7, 11) is 1.66. The van der Waals surface area contributed by atoms with Gasteiger partial charge < -0.3 is 16.0 Å². The largest absolute Gasteiger partial charge is 0.373 e. The Morgan fingerprint density at radius 2 is 2.21 bits per heavy atom. The third-order valence-electron chi connectivity index (χ3n) is 2.42. The zero-order valence-electron chi connectivity index (χ0n) is 11.1. The Balaban J connectivity index is 2.97. The molecule has 1 rings (SSSR count). The van der Waals surface area contributed by atoms with Crippen LogP contribution < -0.4 is 16.0 Å². The van der Waals surface area contributed by atoms with Crippen LogP contribution in [-0.2, 0) is 4.79 Å². The Bertz CT molecular complexity index is 477. The second-order valence-electron chi connectivity index (χ2n) is 3.83. The van der Waals surface area contributed by atoms with E-state index < -0.39 is 11.0 Å². The van der Waals surface area contributed by atoms with Gasteiger partial charge in [-0.1, -0.05) is 0 Å². The van der Waals surface area contributed by atoms with Crippen LogP contribution in [0.3, 0.4) is 0 Å². The molecule has 0 aliphatic heterocycles. The lowest BCUT2D eigenvalue weighted by Crippen LogP contribution is -2.37. The van der Waals surface area contributed by atoms with E-state index in [2.05, 4.69) is 20.9 Å². The topological polar surface area (TPSA) is 109 Å². The van der Waals surface area contributed by atoms with Crippen molar-refractivity contribution in [3.8, 4) is 0 Å². The standard InChI is InChI=1S/C11H17N5O3/c1-4-13-11(17)7(2)14-10-8(16(18)19)5-6-9(12-3)15-10/h5-7H,4H2,1-3H3,(H,13,17)(H2,12,14,15). The van der Waals surface area contributed by atoms with Gasteiger partial charge in [0.25, 0.3) is 0 Å². The lowest BCUT2D eigenvalue weighted by molar-refractivity contribution is -0.384.